The third-order valence-electron chi connectivity index (χ3n) is 2.37. The monoisotopic (exact) mass is 226 g/mol. The van der Waals surface area contributed by atoms with Crippen molar-refractivity contribution in [3.05, 3.63) is 12.1 Å². The summed E-state index contributed by atoms with van der Waals surface area (Å²) >= 11 is 0. The van der Waals surface area contributed by atoms with E-state index >= 15 is 0 Å². The summed E-state index contributed by atoms with van der Waals surface area (Å²) in [5.41, 5.74) is 6.45. The molecule has 0 atom stereocenters. The first kappa shape index (κ1) is 12.4. The highest BCUT2D eigenvalue weighted by molar-refractivity contribution is 5.65. The average molecular weight is 226 g/mol. The standard InChI is InChI=1S/C11H18N2O3/c1-13(7-12)8-5-10(15-3)11(16-4)6-9(8)14-2/h5-6H,7,12H2,1-4H3. The van der Waals surface area contributed by atoms with Gasteiger partial charge in [-0.15, -0.1) is 0 Å². The highest BCUT2D eigenvalue weighted by atomic mass is 16.5. The molecular formula is C11H18N2O3. The first-order chi connectivity index (χ1) is 7.67. The number of methoxy groups -OCH3 is 3. The number of hydrogen-bond donors (Lipinski definition) is 1. The fraction of sp³-hybridized carbons (Fsp3) is 0.455. The van der Waals surface area contributed by atoms with E-state index in [0.29, 0.717) is 23.9 Å². The van der Waals surface area contributed by atoms with Crippen molar-refractivity contribution in [2.45, 2.75) is 0 Å². The fourth-order valence-corrected chi connectivity index (χ4v) is 1.41. The van der Waals surface area contributed by atoms with Crippen LogP contribution in [-0.4, -0.2) is 35.0 Å². The van der Waals surface area contributed by atoms with Gasteiger partial charge in [-0.05, 0) is 0 Å². The van der Waals surface area contributed by atoms with Crippen LogP contribution in [0.15, 0.2) is 12.1 Å². The second-order valence-electron chi connectivity index (χ2n) is 3.26. The minimum Gasteiger partial charge on any atom is -0.494 e. The second kappa shape index (κ2) is 5.46. The normalized spacial score (nSPS) is 9.81. The summed E-state index contributed by atoms with van der Waals surface area (Å²) in [5.74, 6) is 1.98. The van der Waals surface area contributed by atoms with Gasteiger partial charge < -0.3 is 24.8 Å². The molecule has 1 aromatic carbocycles. The van der Waals surface area contributed by atoms with E-state index in [1.165, 1.54) is 0 Å². The Bertz CT molecular complexity index is 355. The number of nitrogens with two attached hydrogens (primary N) is 1. The highest BCUT2D eigenvalue weighted by Gasteiger charge is 2.13. The Morgan fingerprint density at radius 2 is 1.50 bits per heavy atom. The largest absolute Gasteiger partial charge is 0.494 e. The van der Waals surface area contributed by atoms with Crippen molar-refractivity contribution in [2.24, 2.45) is 5.73 Å². The molecule has 0 unspecified atom stereocenters. The predicted octanol–water partition coefficient (Wildman–Crippen LogP) is 1.06. The number of anilines is 1. The van der Waals surface area contributed by atoms with Crippen molar-refractivity contribution in [1.82, 2.24) is 0 Å². The summed E-state index contributed by atoms with van der Waals surface area (Å²) in [5, 5.41) is 0. The van der Waals surface area contributed by atoms with Crippen molar-refractivity contribution >= 4 is 5.69 Å². The van der Waals surface area contributed by atoms with Crippen molar-refractivity contribution in [3.8, 4) is 17.2 Å². The van der Waals surface area contributed by atoms with E-state index in [-0.39, 0.29) is 0 Å². The molecule has 5 heteroatoms. The van der Waals surface area contributed by atoms with Crippen LogP contribution in [0.3, 0.4) is 0 Å². The molecule has 0 aromatic heterocycles. The van der Waals surface area contributed by atoms with E-state index in [9.17, 15) is 0 Å². The van der Waals surface area contributed by atoms with Crippen LogP contribution < -0.4 is 24.8 Å². The maximum atomic E-state index is 5.59. The van der Waals surface area contributed by atoms with E-state index in [1.807, 2.05) is 18.0 Å². The molecule has 2 N–H and O–H groups in total. The Kier molecular flexibility index (Phi) is 4.25. The molecule has 5 nitrogen and oxygen atoms in total. The van der Waals surface area contributed by atoms with Crippen molar-refractivity contribution in [1.29, 1.82) is 0 Å². The SMILES string of the molecule is COc1cc(OC)c(N(C)CN)cc1OC. The van der Waals surface area contributed by atoms with E-state index in [0.717, 1.165) is 5.69 Å². The van der Waals surface area contributed by atoms with Crippen molar-refractivity contribution in [2.75, 3.05) is 39.9 Å². The third-order valence-corrected chi connectivity index (χ3v) is 2.37. The molecule has 0 aliphatic rings. The van der Waals surface area contributed by atoms with Gasteiger partial charge in [0.1, 0.15) is 5.75 Å². The van der Waals surface area contributed by atoms with Crippen LogP contribution in [0.1, 0.15) is 0 Å². The molecule has 0 saturated carbocycles. The quantitative estimate of drug-likeness (QED) is 0.761. The molecule has 0 saturated heterocycles. The lowest BCUT2D eigenvalue weighted by atomic mass is 10.2. The van der Waals surface area contributed by atoms with Crippen LogP contribution in [0.2, 0.25) is 0 Å². The molecule has 1 rings (SSSR count). The predicted molar refractivity (Wildman–Crippen MR) is 63.6 cm³/mol. The molecule has 0 radical (unpaired) electrons. The summed E-state index contributed by atoms with van der Waals surface area (Å²) in [6.07, 6.45) is 0. The van der Waals surface area contributed by atoms with Gasteiger partial charge in [0.15, 0.2) is 11.5 Å². The first-order valence-electron chi connectivity index (χ1n) is 4.89. The zero-order chi connectivity index (χ0) is 12.1. The van der Waals surface area contributed by atoms with Gasteiger partial charge in [0.2, 0.25) is 0 Å². The van der Waals surface area contributed by atoms with Gasteiger partial charge in [0, 0.05) is 19.2 Å². The fourth-order valence-electron chi connectivity index (χ4n) is 1.41. The minimum atomic E-state index is 0.395. The first-order valence-corrected chi connectivity index (χ1v) is 4.89. The lowest BCUT2D eigenvalue weighted by Gasteiger charge is -2.21. The van der Waals surface area contributed by atoms with Gasteiger partial charge in [-0.25, -0.2) is 0 Å². The van der Waals surface area contributed by atoms with Gasteiger partial charge in [-0.2, -0.15) is 0 Å². The zero-order valence-corrected chi connectivity index (χ0v) is 10.1. The molecular weight excluding hydrogens is 208 g/mol. The molecule has 0 aliphatic heterocycles. The van der Waals surface area contributed by atoms with Crippen molar-refractivity contribution in [3.63, 3.8) is 0 Å². The smallest absolute Gasteiger partial charge is 0.164 e. The highest BCUT2D eigenvalue weighted by Crippen LogP contribution is 2.38. The number of rotatable bonds is 5. The van der Waals surface area contributed by atoms with Gasteiger partial charge in [0.25, 0.3) is 0 Å². The maximum absolute atomic E-state index is 5.59. The van der Waals surface area contributed by atoms with Crippen LogP contribution in [0.5, 0.6) is 17.2 Å². The summed E-state index contributed by atoms with van der Waals surface area (Å²) in [6.45, 7) is 0.395. The number of ether oxygens (including phenoxy) is 3. The van der Waals surface area contributed by atoms with E-state index in [1.54, 1.807) is 27.4 Å². The summed E-state index contributed by atoms with van der Waals surface area (Å²) in [4.78, 5) is 1.86. The van der Waals surface area contributed by atoms with Gasteiger partial charge in [-0.3, -0.25) is 0 Å². The Morgan fingerprint density at radius 1 is 1.00 bits per heavy atom. The molecule has 16 heavy (non-hydrogen) atoms. The maximum Gasteiger partial charge on any atom is 0.164 e. The molecule has 90 valence electrons. The average Bonchev–Trinajstić information content (AvgIpc) is 2.35. The molecule has 0 heterocycles. The third kappa shape index (κ3) is 2.30. The molecule has 0 bridgehead atoms. The Hall–Kier alpha value is -1.62. The Morgan fingerprint density at radius 3 is 1.94 bits per heavy atom. The molecule has 0 spiro atoms. The van der Waals surface area contributed by atoms with E-state index in [2.05, 4.69) is 0 Å². The minimum absolute atomic E-state index is 0.395. The summed E-state index contributed by atoms with van der Waals surface area (Å²) in [6, 6.07) is 3.62. The van der Waals surface area contributed by atoms with E-state index < -0.39 is 0 Å². The topological polar surface area (TPSA) is 57.0 Å². The lowest BCUT2D eigenvalue weighted by Crippen LogP contribution is -2.25. The molecule has 0 amide bonds. The van der Waals surface area contributed by atoms with Crippen molar-refractivity contribution < 1.29 is 14.2 Å². The molecule has 0 fully saturated rings. The van der Waals surface area contributed by atoms with E-state index in [4.69, 9.17) is 19.9 Å². The Balaban J connectivity index is 3.25. The number of hydrogen-bond acceptors (Lipinski definition) is 5. The summed E-state index contributed by atoms with van der Waals surface area (Å²) in [7, 11) is 6.67. The number of nitrogens with zero attached hydrogens (tertiary/aromatic N) is 1. The van der Waals surface area contributed by atoms with Gasteiger partial charge in [-0.1, -0.05) is 0 Å². The second-order valence-corrected chi connectivity index (χ2v) is 3.26. The van der Waals surface area contributed by atoms with Crippen LogP contribution in [0, 0.1) is 0 Å². The van der Waals surface area contributed by atoms with Crippen LogP contribution in [0.25, 0.3) is 0 Å². The lowest BCUT2D eigenvalue weighted by molar-refractivity contribution is 0.349. The van der Waals surface area contributed by atoms with Gasteiger partial charge in [0.05, 0.1) is 33.7 Å². The summed E-state index contributed by atoms with van der Waals surface area (Å²) < 4.78 is 15.7. The molecule has 1 aromatic rings. The van der Waals surface area contributed by atoms with Crippen LogP contribution >= 0.6 is 0 Å². The van der Waals surface area contributed by atoms with Gasteiger partial charge >= 0.3 is 0 Å². The van der Waals surface area contributed by atoms with Crippen LogP contribution in [-0.2, 0) is 0 Å². The van der Waals surface area contributed by atoms with Crippen LogP contribution in [0.4, 0.5) is 5.69 Å². The zero-order valence-electron chi connectivity index (χ0n) is 10.1. The molecule has 0 aliphatic carbocycles. The number of benzene rings is 1. The Labute approximate surface area is 95.7 Å².